The second kappa shape index (κ2) is 5.66. The van der Waals surface area contributed by atoms with Gasteiger partial charge in [0.15, 0.2) is 0 Å². The summed E-state index contributed by atoms with van der Waals surface area (Å²) >= 11 is 0. The fourth-order valence-electron chi connectivity index (χ4n) is 1.64. The van der Waals surface area contributed by atoms with Crippen LogP contribution in [0.1, 0.15) is 22.4 Å². The number of rotatable bonds is 3. The molecule has 19 heavy (non-hydrogen) atoms. The van der Waals surface area contributed by atoms with Crippen molar-refractivity contribution in [2.24, 2.45) is 0 Å². The van der Waals surface area contributed by atoms with Crippen molar-refractivity contribution in [3.05, 3.63) is 58.9 Å². The van der Waals surface area contributed by atoms with Gasteiger partial charge in [0, 0.05) is 11.9 Å². The van der Waals surface area contributed by atoms with Gasteiger partial charge in [-0.05, 0) is 36.8 Å². The standard InChI is InChI=1S/C15H12N4/c1-11-2-4-15(18-9-11)10-19-14-5-3-12(7-16)13(6-14)8-17/h2-6,9,19H,10H2,1H3. The summed E-state index contributed by atoms with van der Waals surface area (Å²) in [5.41, 5.74) is 3.62. The molecule has 0 aliphatic rings. The van der Waals surface area contributed by atoms with Crippen LogP contribution in [-0.4, -0.2) is 4.98 Å². The highest BCUT2D eigenvalue weighted by Crippen LogP contribution is 2.15. The van der Waals surface area contributed by atoms with Crippen LogP contribution < -0.4 is 5.32 Å². The van der Waals surface area contributed by atoms with Crippen molar-refractivity contribution >= 4 is 5.69 Å². The number of benzene rings is 1. The highest BCUT2D eigenvalue weighted by atomic mass is 14.9. The minimum atomic E-state index is 0.379. The summed E-state index contributed by atoms with van der Waals surface area (Å²) in [6.07, 6.45) is 1.82. The number of hydrogen-bond donors (Lipinski definition) is 1. The van der Waals surface area contributed by atoms with Crippen molar-refractivity contribution in [2.45, 2.75) is 13.5 Å². The summed E-state index contributed by atoms with van der Waals surface area (Å²) < 4.78 is 0. The highest BCUT2D eigenvalue weighted by molar-refractivity contribution is 5.56. The zero-order chi connectivity index (χ0) is 13.7. The van der Waals surface area contributed by atoms with Crippen molar-refractivity contribution < 1.29 is 0 Å². The van der Waals surface area contributed by atoms with E-state index in [0.29, 0.717) is 17.7 Å². The lowest BCUT2D eigenvalue weighted by molar-refractivity contribution is 1.04. The topological polar surface area (TPSA) is 72.5 Å². The molecule has 0 radical (unpaired) electrons. The molecule has 0 bridgehead atoms. The van der Waals surface area contributed by atoms with E-state index in [1.807, 2.05) is 37.4 Å². The van der Waals surface area contributed by atoms with Crippen LogP contribution in [0.3, 0.4) is 0 Å². The Kier molecular flexibility index (Phi) is 3.75. The molecule has 0 amide bonds. The van der Waals surface area contributed by atoms with Gasteiger partial charge in [0.2, 0.25) is 0 Å². The Bertz CT molecular complexity index is 660. The minimum absolute atomic E-state index is 0.379. The van der Waals surface area contributed by atoms with E-state index in [1.54, 1.807) is 18.2 Å². The number of anilines is 1. The maximum absolute atomic E-state index is 8.95. The first-order chi connectivity index (χ1) is 9.22. The van der Waals surface area contributed by atoms with Gasteiger partial charge in [-0.1, -0.05) is 6.07 Å². The smallest absolute Gasteiger partial charge is 0.101 e. The molecule has 0 saturated heterocycles. The van der Waals surface area contributed by atoms with Crippen molar-refractivity contribution in [3.63, 3.8) is 0 Å². The molecular weight excluding hydrogens is 236 g/mol. The number of nitriles is 2. The monoisotopic (exact) mass is 248 g/mol. The second-order valence-corrected chi connectivity index (χ2v) is 4.16. The van der Waals surface area contributed by atoms with Crippen LogP contribution in [0.2, 0.25) is 0 Å². The first kappa shape index (κ1) is 12.6. The van der Waals surface area contributed by atoms with Crippen LogP contribution in [0.5, 0.6) is 0 Å². The van der Waals surface area contributed by atoms with Crippen LogP contribution >= 0.6 is 0 Å². The summed E-state index contributed by atoms with van der Waals surface area (Å²) in [6.45, 7) is 2.57. The Morgan fingerprint density at radius 1 is 1.11 bits per heavy atom. The molecule has 0 unspecified atom stereocenters. The summed E-state index contributed by atoms with van der Waals surface area (Å²) in [5, 5.41) is 21.0. The SMILES string of the molecule is Cc1ccc(CNc2ccc(C#N)c(C#N)c2)nc1. The van der Waals surface area contributed by atoms with Gasteiger partial charge in [-0.25, -0.2) is 0 Å². The Balaban J connectivity index is 2.10. The van der Waals surface area contributed by atoms with Crippen molar-refractivity contribution in [3.8, 4) is 12.1 Å². The van der Waals surface area contributed by atoms with Gasteiger partial charge in [-0.15, -0.1) is 0 Å². The van der Waals surface area contributed by atoms with E-state index in [4.69, 9.17) is 10.5 Å². The van der Waals surface area contributed by atoms with Crippen LogP contribution in [0, 0.1) is 29.6 Å². The summed E-state index contributed by atoms with van der Waals surface area (Å²) in [5.74, 6) is 0. The predicted octanol–water partition coefficient (Wildman–Crippen LogP) is 2.75. The van der Waals surface area contributed by atoms with Gasteiger partial charge in [0.05, 0.1) is 23.4 Å². The van der Waals surface area contributed by atoms with Crippen LogP contribution in [0.25, 0.3) is 0 Å². The van der Waals surface area contributed by atoms with Crippen LogP contribution in [0.4, 0.5) is 5.69 Å². The van der Waals surface area contributed by atoms with Gasteiger partial charge in [-0.3, -0.25) is 4.98 Å². The molecule has 0 saturated carbocycles. The van der Waals surface area contributed by atoms with E-state index in [-0.39, 0.29) is 0 Å². The number of nitrogens with one attached hydrogen (secondary N) is 1. The first-order valence-electron chi connectivity index (χ1n) is 5.82. The van der Waals surface area contributed by atoms with Gasteiger partial charge in [-0.2, -0.15) is 10.5 Å². The number of aryl methyl sites for hydroxylation is 1. The molecular formula is C15H12N4. The third kappa shape index (κ3) is 3.08. The molecule has 1 heterocycles. The van der Waals surface area contributed by atoms with Crippen molar-refractivity contribution in [1.82, 2.24) is 4.98 Å². The second-order valence-electron chi connectivity index (χ2n) is 4.16. The first-order valence-corrected chi connectivity index (χ1v) is 5.82. The molecule has 92 valence electrons. The lowest BCUT2D eigenvalue weighted by Gasteiger charge is -2.07. The van der Waals surface area contributed by atoms with E-state index in [0.717, 1.165) is 16.9 Å². The third-order valence-electron chi connectivity index (χ3n) is 2.71. The quantitative estimate of drug-likeness (QED) is 0.906. The normalized spacial score (nSPS) is 9.42. The Morgan fingerprint density at radius 2 is 1.89 bits per heavy atom. The molecule has 2 rings (SSSR count). The molecule has 0 fully saturated rings. The molecule has 1 aromatic carbocycles. The Hall–Kier alpha value is -2.85. The maximum Gasteiger partial charge on any atom is 0.101 e. The average Bonchev–Trinajstić information content (AvgIpc) is 2.46. The van der Waals surface area contributed by atoms with E-state index in [2.05, 4.69) is 10.3 Å². The molecule has 0 spiro atoms. The minimum Gasteiger partial charge on any atom is -0.379 e. The summed E-state index contributed by atoms with van der Waals surface area (Å²) in [4.78, 5) is 4.29. The molecule has 4 heteroatoms. The molecule has 0 aliphatic heterocycles. The molecule has 0 aliphatic carbocycles. The number of nitrogens with zero attached hydrogens (tertiary/aromatic N) is 3. The fraction of sp³-hybridized carbons (Fsp3) is 0.133. The number of aromatic nitrogens is 1. The molecule has 2 aromatic rings. The van der Waals surface area contributed by atoms with Crippen molar-refractivity contribution in [1.29, 1.82) is 10.5 Å². The molecule has 1 aromatic heterocycles. The van der Waals surface area contributed by atoms with E-state index < -0.39 is 0 Å². The van der Waals surface area contributed by atoms with Crippen molar-refractivity contribution in [2.75, 3.05) is 5.32 Å². The predicted molar refractivity (Wildman–Crippen MR) is 72.2 cm³/mol. The van der Waals surface area contributed by atoms with Gasteiger partial charge in [0.1, 0.15) is 12.1 Å². The number of pyridine rings is 1. The fourth-order valence-corrected chi connectivity index (χ4v) is 1.64. The largest absolute Gasteiger partial charge is 0.379 e. The van der Waals surface area contributed by atoms with Gasteiger partial charge in [0.25, 0.3) is 0 Å². The Morgan fingerprint density at radius 3 is 2.53 bits per heavy atom. The summed E-state index contributed by atoms with van der Waals surface area (Å²) in [6, 6.07) is 13.1. The zero-order valence-electron chi connectivity index (χ0n) is 10.5. The molecule has 4 nitrogen and oxygen atoms in total. The van der Waals surface area contributed by atoms with E-state index in [9.17, 15) is 0 Å². The summed E-state index contributed by atoms with van der Waals surface area (Å²) in [7, 11) is 0. The zero-order valence-corrected chi connectivity index (χ0v) is 10.5. The average molecular weight is 248 g/mol. The van der Waals surface area contributed by atoms with Crippen LogP contribution in [-0.2, 0) is 6.54 Å². The van der Waals surface area contributed by atoms with E-state index in [1.165, 1.54) is 0 Å². The molecule has 1 N–H and O–H groups in total. The third-order valence-corrected chi connectivity index (χ3v) is 2.71. The number of hydrogen-bond acceptors (Lipinski definition) is 4. The Labute approximate surface area is 112 Å². The van der Waals surface area contributed by atoms with Gasteiger partial charge >= 0.3 is 0 Å². The molecule has 0 atom stereocenters. The van der Waals surface area contributed by atoms with Gasteiger partial charge < -0.3 is 5.32 Å². The maximum atomic E-state index is 8.95. The lowest BCUT2D eigenvalue weighted by atomic mass is 10.1. The highest BCUT2D eigenvalue weighted by Gasteiger charge is 2.02. The van der Waals surface area contributed by atoms with Crippen LogP contribution in [0.15, 0.2) is 36.5 Å². The van der Waals surface area contributed by atoms with E-state index >= 15 is 0 Å². The lowest BCUT2D eigenvalue weighted by Crippen LogP contribution is -2.02.